The Balaban J connectivity index is 2.64. The number of hydrogen-bond donors (Lipinski definition) is 1. The third kappa shape index (κ3) is 3.01. The fourth-order valence-corrected chi connectivity index (χ4v) is 1.35. The summed E-state index contributed by atoms with van der Waals surface area (Å²) >= 11 is 0. The summed E-state index contributed by atoms with van der Waals surface area (Å²) in [4.78, 5) is 11.6. The van der Waals surface area contributed by atoms with Crippen LogP contribution in [0.25, 0.3) is 0 Å². The highest BCUT2D eigenvalue weighted by molar-refractivity contribution is 5.89. The summed E-state index contributed by atoms with van der Waals surface area (Å²) in [6.45, 7) is 5.21. The summed E-state index contributed by atoms with van der Waals surface area (Å²) in [5.41, 5.74) is 6.75. The maximum absolute atomic E-state index is 11.6. The Kier molecular flexibility index (Phi) is 4.21. The van der Waals surface area contributed by atoms with Crippen LogP contribution in [-0.4, -0.2) is 17.1 Å². The zero-order valence-electron chi connectivity index (χ0n) is 9.32. The molecule has 84 valence electrons. The SMILES string of the molecule is CCCCOC(=O)c1cc(N)cn1CC. The van der Waals surface area contributed by atoms with E-state index in [1.807, 2.05) is 6.92 Å². The van der Waals surface area contributed by atoms with Crippen molar-refractivity contribution in [3.8, 4) is 0 Å². The van der Waals surface area contributed by atoms with Crippen molar-refractivity contribution in [1.82, 2.24) is 4.57 Å². The van der Waals surface area contributed by atoms with Crippen LogP contribution < -0.4 is 5.73 Å². The van der Waals surface area contributed by atoms with Crippen LogP contribution >= 0.6 is 0 Å². The van der Waals surface area contributed by atoms with Gasteiger partial charge in [-0.05, 0) is 19.4 Å². The minimum atomic E-state index is -0.290. The van der Waals surface area contributed by atoms with Crippen molar-refractivity contribution in [2.45, 2.75) is 33.2 Å². The summed E-state index contributed by atoms with van der Waals surface area (Å²) in [5, 5.41) is 0. The first kappa shape index (κ1) is 11.6. The number of nitrogens with zero attached hydrogens (tertiary/aromatic N) is 1. The van der Waals surface area contributed by atoms with E-state index < -0.39 is 0 Å². The van der Waals surface area contributed by atoms with Gasteiger partial charge in [0.05, 0.1) is 12.3 Å². The number of carbonyl (C=O) groups excluding carboxylic acids is 1. The molecule has 4 heteroatoms. The molecule has 1 aromatic heterocycles. The molecule has 0 aromatic carbocycles. The number of esters is 1. The molecule has 0 unspecified atom stereocenters. The molecule has 4 nitrogen and oxygen atoms in total. The number of hydrogen-bond acceptors (Lipinski definition) is 3. The van der Waals surface area contributed by atoms with Gasteiger partial charge in [0, 0.05) is 12.7 Å². The number of nitrogens with two attached hydrogens (primary N) is 1. The van der Waals surface area contributed by atoms with Gasteiger partial charge in [-0.25, -0.2) is 4.79 Å². The Morgan fingerprint density at radius 1 is 1.53 bits per heavy atom. The van der Waals surface area contributed by atoms with E-state index in [2.05, 4.69) is 6.92 Å². The molecule has 0 fully saturated rings. The Morgan fingerprint density at radius 2 is 2.27 bits per heavy atom. The van der Waals surface area contributed by atoms with E-state index in [0.29, 0.717) is 18.0 Å². The molecule has 1 heterocycles. The Hall–Kier alpha value is -1.45. The zero-order chi connectivity index (χ0) is 11.3. The summed E-state index contributed by atoms with van der Waals surface area (Å²) < 4.78 is 6.90. The molecule has 0 aliphatic rings. The molecule has 0 radical (unpaired) electrons. The molecular weight excluding hydrogens is 192 g/mol. The summed E-state index contributed by atoms with van der Waals surface area (Å²) in [6.07, 6.45) is 3.66. The lowest BCUT2D eigenvalue weighted by Crippen LogP contribution is -2.11. The average molecular weight is 210 g/mol. The van der Waals surface area contributed by atoms with E-state index in [-0.39, 0.29) is 5.97 Å². The second-order valence-corrected chi connectivity index (χ2v) is 3.43. The van der Waals surface area contributed by atoms with Crippen molar-refractivity contribution in [2.75, 3.05) is 12.3 Å². The topological polar surface area (TPSA) is 57.2 Å². The fraction of sp³-hybridized carbons (Fsp3) is 0.545. The maximum Gasteiger partial charge on any atom is 0.355 e. The van der Waals surface area contributed by atoms with Gasteiger partial charge in [0.1, 0.15) is 5.69 Å². The van der Waals surface area contributed by atoms with Crippen molar-refractivity contribution in [1.29, 1.82) is 0 Å². The van der Waals surface area contributed by atoms with E-state index in [4.69, 9.17) is 10.5 Å². The minimum absolute atomic E-state index is 0.290. The van der Waals surface area contributed by atoms with Crippen molar-refractivity contribution in [2.24, 2.45) is 0 Å². The standard InChI is InChI=1S/C11H18N2O2/c1-3-5-6-15-11(14)10-7-9(12)8-13(10)4-2/h7-8H,3-6,12H2,1-2H3. The zero-order valence-corrected chi connectivity index (χ0v) is 9.32. The lowest BCUT2D eigenvalue weighted by atomic mass is 10.3. The van der Waals surface area contributed by atoms with Crippen molar-refractivity contribution in [3.63, 3.8) is 0 Å². The summed E-state index contributed by atoms with van der Waals surface area (Å²) in [7, 11) is 0. The highest BCUT2D eigenvalue weighted by Crippen LogP contribution is 2.11. The number of aromatic nitrogens is 1. The molecule has 0 bridgehead atoms. The van der Waals surface area contributed by atoms with Crippen molar-refractivity contribution >= 4 is 11.7 Å². The first-order chi connectivity index (χ1) is 7.19. The van der Waals surface area contributed by atoms with Crippen LogP contribution in [0.5, 0.6) is 0 Å². The smallest absolute Gasteiger partial charge is 0.355 e. The van der Waals surface area contributed by atoms with Gasteiger partial charge in [-0.1, -0.05) is 13.3 Å². The summed E-state index contributed by atoms with van der Waals surface area (Å²) in [6, 6.07) is 1.65. The Bertz CT molecular complexity index is 331. The van der Waals surface area contributed by atoms with Gasteiger partial charge in [-0.3, -0.25) is 0 Å². The molecule has 0 saturated heterocycles. The van der Waals surface area contributed by atoms with Gasteiger partial charge in [0.2, 0.25) is 0 Å². The predicted molar refractivity (Wildman–Crippen MR) is 59.7 cm³/mol. The number of unbranched alkanes of at least 4 members (excludes halogenated alkanes) is 1. The summed E-state index contributed by atoms with van der Waals surface area (Å²) in [5.74, 6) is -0.290. The van der Waals surface area contributed by atoms with Gasteiger partial charge in [-0.15, -0.1) is 0 Å². The van der Waals surface area contributed by atoms with Crippen LogP contribution in [0, 0.1) is 0 Å². The highest BCUT2D eigenvalue weighted by Gasteiger charge is 2.12. The van der Waals surface area contributed by atoms with Crippen molar-refractivity contribution in [3.05, 3.63) is 18.0 Å². The van der Waals surface area contributed by atoms with Gasteiger partial charge in [0.25, 0.3) is 0 Å². The third-order valence-corrected chi connectivity index (χ3v) is 2.20. The van der Waals surface area contributed by atoms with Crippen LogP contribution in [0.1, 0.15) is 37.2 Å². The van der Waals surface area contributed by atoms with E-state index in [1.54, 1.807) is 16.8 Å². The molecule has 0 atom stereocenters. The molecule has 0 aliphatic carbocycles. The van der Waals surface area contributed by atoms with Gasteiger partial charge in [0.15, 0.2) is 0 Å². The molecule has 1 rings (SSSR count). The lowest BCUT2D eigenvalue weighted by molar-refractivity contribution is 0.0487. The van der Waals surface area contributed by atoms with Crippen LogP contribution in [-0.2, 0) is 11.3 Å². The van der Waals surface area contributed by atoms with Gasteiger partial charge < -0.3 is 15.0 Å². The molecule has 1 aromatic rings. The van der Waals surface area contributed by atoms with E-state index in [1.165, 1.54) is 0 Å². The first-order valence-corrected chi connectivity index (χ1v) is 5.31. The molecule has 15 heavy (non-hydrogen) atoms. The van der Waals surface area contributed by atoms with Crippen LogP contribution in [0.15, 0.2) is 12.3 Å². The number of rotatable bonds is 5. The van der Waals surface area contributed by atoms with E-state index in [9.17, 15) is 4.79 Å². The van der Waals surface area contributed by atoms with Crippen LogP contribution in [0.3, 0.4) is 0 Å². The number of aryl methyl sites for hydroxylation is 1. The fourth-order valence-electron chi connectivity index (χ4n) is 1.35. The maximum atomic E-state index is 11.6. The first-order valence-electron chi connectivity index (χ1n) is 5.31. The Labute approximate surface area is 90.0 Å². The number of anilines is 1. The largest absolute Gasteiger partial charge is 0.461 e. The predicted octanol–water partition coefficient (Wildman–Crippen LogP) is 2.05. The average Bonchev–Trinajstić information content (AvgIpc) is 2.60. The lowest BCUT2D eigenvalue weighted by Gasteiger charge is -2.06. The monoisotopic (exact) mass is 210 g/mol. The number of carbonyl (C=O) groups is 1. The highest BCUT2D eigenvalue weighted by atomic mass is 16.5. The normalized spacial score (nSPS) is 10.3. The molecule has 2 N–H and O–H groups in total. The molecule has 0 spiro atoms. The second-order valence-electron chi connectivity index (χ2n) is 3.43. The van der Waals surface area contributed by atoms with Gasteiger partial charge in [-0.2, -0.15) is 0 Å². The van der Waals surface area contributed by atoms with Crippen LogP contribution in [0.4, 0.5) is 5.69 Å². The van der Waals surface area contributed by atoms with Crippen LogP contribution in [0.2, 0.25) is 0 Å². The van der Waals surface area contributed by atoms with Gasteiger partial charge >= 0.3 is 5.97 Å². The molecule has 0 aliphatic heterocycles. The second kappa shape index (κ2) is 5.44. The van der Waals surface area contributed by atoms with E-state index >= 15 is 0 Å². The quantitative estimate of drug-likeness (QED) is 0.597. The van der Waals surface area contributed by atoms with Crippen molar-refractivity contribution < 1.29 is 9.53 Å². The third-order valence-electron chi connectivity index (χ3n) is 2.20. The molecular formula is C11H18N2O2. The number of nitrogen functional groups attached to an aromatic ring is 1. The molecule has 0 amide bonds. The van der Waals surface area contributed by atoms with E-state index in [0.717, 1.165) is 19.4 Å². The minimum Gasteiger partial charge on any atom is -0.461 e. The Morgan fingerprint density at radius 3 is 2.87 bits per heavy atom. The molecule has 0 saturated carbocycles. The number of ether oxygens (including phenoxy) is 1.